The molecule has 1 N–H and O–H groups in total. The van der Waals surface area contributed by atoms with E-state index < -0.39 is 0 Å². The molecule has 1 aliphatic rings. The zero-order valence-corrected chi connectivity index (χ0v) is 11.7. The minimum absolute atomic E-state index is 0.0976. The number of rotatable bonds is 4. The standard InChI is InChI=1S/C14H20O3S/c1-16-11-5-8-14(13(9-11)17-2)18-12-6-3-10(15)4-7-12/h5,8-10,12,15H,3-4,6-7H2,1-2H3. The lowest BCUT2D eigenvalue weighted by atomic mass is 9.97. The lowest BCUT2D eigenvalue weighted by Gasteiger charge is -2.25. The lowest BCUT2D eigenvalue weighted by Crippen LogP contribution is -2.19. The predicted octanol–water partition coefficient (Wildman–Crippen LogP) is 3.10. The largest absolute Gasteiger partial charge is 0.497 e. The Labute approximate surface area is 112 Å². The highest BCUT2D eigenvalue weighted by atomic mass is 32.2. The van der Waals surface area contributed by atoms with E-state index in [1.54, 1.807) is 14.2 Å². The van der Waals surface area contributed by atoms with E-state index in [2.05, 4.69) is 0 Å². The van der Waals surface area contributed by atoms with Gasteiger partial charge in [0.25, 0.3) is 0 Å². The summed E-state index contributed by atoms with van der Waals surface area (Å²) in [5.41, 5.74) is 0. The van der Waals surface area contributed by atoms with Crippen molar-refractivity contribution in [3.63, 3.8) is 0 Å². The monoisotopic (exact) mass is 268 g/mol. The van der Waals surface area contributed by atoms with Crippen molar-refractivity contribution in [2.24, 2.45) is 0 Å². The molecule has 0 saturated heterocycles. The first kappa shape index (κ1) is 13.6. The summed E-state index contributed by atoms with van der Waals surface area (Å²) in [7, 11) is 3.34. The fourth-order valence-corrected chi connectivity index (χ4v) is 3.49. The van der Waals surface area contributed by atoms with Crippen molar-refractivity contribution in [1.29, 1.82) is 0 Å². The van der Waals surface area contributed by atoms with Crippen molar-refractivity contribution in [2.75, 3.05) is 14.2 Å². The predicted molar refractivity (Wildman–Crippen MR) is 73.7 cm³/mol. The Morgan fingerprint density at radius 3 is 2.44 bits per heavy atom. The third-order valence-corrected chi connectivity index (χ3v) is 4.70. The highest BCUT2D eigenvalue weighted by Gasteiger charge is 2.21. The van der Waals surface area contributed by atoms with Crippen LogP contribution in [0.2, 0.25) is 0 Å². The number of ether oxygens (including phenoxy) is 2. The maximum absolute atomic E-state index is 9.51. The minimum Gasteiger partial charge on any atom is -0.497 e. The molecule has 0 atom stereocenters. The van der Waals surface area contributed by atoms with Crippen LogP contribution >= 0.6 is 11.8 Å². The molecule has 0 bridgehead atoms. The zero-order valence-electron chi connectivity index (χ0n) is 10.9. The fraction of sp³-hybridized carbons (Fsp3) is 0.571. The lowest BCUT2D eigenvalue weighted by molar-refractivity contribution is 0.132. The molecule has 0 radical (unpaired) electrons. The molecule has 2 rings (SSSR count). The van der Waals surface area contributed by atoms with Crippen LogP contribution < -0.4 is 9.47 Å². The normalized spacial score (nSPS) is 23.7. The van der Waals surface area contributed by atoms with Crippen molar-refractivity contribution >= 4 is 11.8 Å². The van der Waals surface area contributed by atoms with Crippen LogP contribution in [-0.4, -0.2) is 30.7 Å². The quantitative estimate of drug-likeness (QED) is 0.910. The summed E-state index contributed by atoms with van der Waals surface area (Å²) < 4.78 is 10.6. The third-order valence-electron chi connectivity index (χ3n) is 3.31. The Kier molecular flexibility index (Phi) is 4.78. The second-order valence-corrected chi connectivity index (χ2v) is 5.91. The molecule has 3 nitrogen and oxygen atoms in total. The molecule has 0 unspecified atom stereocenters. The summed E-state index contributed by atoms with van der Waals surface area (Å²) in [5, 5.41) is 10.1. The molecular formula is C14H20O3S. The van der Waals surface area contributed by atoms with E-state index in [1.807, 2.05) is 30.0 Å². The van der Waals surface area contributed by atoms with Crippen LogP contribution in [-0.2, 0) is 0 Å². The van der Waals surface area contributed by atoms with Gasteiger partial charge < -0.3 is 14.6 Å². The van der Waals surface area contributed by atoms with Gasteiger partial charge in [-0.1, -0.05) is 0 Å². The highest BCUT2D eigenvalue weighted by molar-refractivity contribution is 8.00. The molecule has 0 heterocycles. The Balaban J connectivity index is 2.04. The average molecular weight is 268 g/mol. The van der Waals surface area contributed by atoms with E-state index in [-0.39, 0.29) is 6.10 Å². The van der Waals surface area contributed by atoms with Crippen molar-refractivity contribution in [2.45, 2.75) is 41.9 Å². The Morgan fingerprint density at radius 2 is 1.83 bits per heavy atom. The first-order chi connectivity index (χ1) is 8.72. The smallest absolute Gasteiger partial charge is 0.136 e. The Morgan fingerprint density at radius 1 is 1.11 bits per heavy atom. The first-order valence-electron chi connectivity index (χ1n) is 6.29. The zero-order chi connectivity index (χ0) is 13.0. The number of aliphatic hydroxyl groups excluding tert-OH is 1. The van der Waals surface area contributed by atoms with E-state index in [9.17, 15) is 5.11 Å². The van der Waals surface area contributed by atoms with Crippen LogP contribution in [0.25, 0.3) is 0 Å². The van der Waals surface area contributed by atoms with E-state index in [0.717, 1.165) is 42.1 Å². The molecule has 1 fully saturated rings. The summed E-state index contributed by atoms with van der Waals surface area (Å²) in [4.78, 5) is 1.15. The molecule has 4 heteroatoms. The number of aliphatic hydroxyl groups is 1. The third kappa shape index (κ3) is 3.33. The molecule has 100 valence electrons. The van der Waals surface area contributed by atoms with Gasteiger partial charge in [-0.15, -0.1) is 11.8 Å². The average Bonchev–Trinajstić information content (AvgIpc) is 2.41. The van der Waals surface area contributed by atoms with Crippen LogP contribution in [0.15, 0.2) is 23.1 Å². The van der Waals surface area contributed by atoms with Gasteiger partial charge in [-0.2, -0.15) is 0 Å². The second kappa shape index (κ2) is 6.34. The number of hydrogen-bond donors (Lipinski definition) is 1. The van der Waals surface area contributed by atoms with Gasteiger partial charge in [0.2, 0.25) is 0 Å². The number of methoxy groups -OCH3 is 2. The topological polar surface area (TPSA) is 38.7 Å². The summed E-state index contributed by atoms with van der Waals surface area (Å²) in [5.74, 6) is 1.68. The van der Waals surface area contributed by atoms with E-state index in [1.165, 1.54) is 0 Å². The van der Waals surface area contributed by atoms with Crippen LogP contribution in [0, 0.1) is 0 Å². The summed E-state index contributed by atoms with van der Waals surface area (Å²) in [6, 6.07) is 5.93. The molecule has 0 amide bonds. The molecular weight excluding hydrogens is 248 g/mol. The van der Waals surface area contributed by atoms with Gasteiger partial charge in [-0.3, -0.25) is 0 Å². The van der Waals surface area contributed by atoms with Crippen molar-refractivity contribution in [3.8, 4) is 11.5 Å². The molecule has 0 spiro atoms. The van der Waals surface area contributed by atoms with Gasteiger partial charge in [-0.05, 0) is 37.8 Å². The molecule has 0 aromatic heterocycles. The second-order valence-electron chi connectivity index (χ2n) is 4.57. The first-order valence-corrected chi connectivity index (χ1v) is 7.17. The molecule has 1 saturated carbocycles. The van der Waals surface area contributed by atoms with Gasteiger partial charge in [0.05, 0.1) is 20.3 Å². The molecule has 1 aliphatic carbocycles. The SMILES string of the molecule is COc1ccc(SC2CCC(O)CC2)c(OC)c1. The van der Waals surface area contributed by atoms with Crippen molar-refractivity contribution in [3.05, 3.63) is 18.2 Å². The van der Waals surface area contributed by atoms with Crippen molar-refractivity contribution < 1.29 is 14.6 Å². The van der Waals surface area contributed by atoms with E-state index >= 15 is 0 Å². The maximum atomic E-state index is 9.51. The maximum Gasteiger partial charge on any atom is 0.136 e. The van der Waals surface area contributed by atoms with E-state index in [4.69, 9.17) is 9.47 Å². The number of benzene rings is 1. The molecule has 1 aromatic rings. The van der Waals surface area contributed by atoms with Gasteiger partial charge in [0.15, 0.2) is 0 Å². The minimum atomic E-state index is -0.0976. The Bertz CT molecular complexity index is 387. The van der Waals surface area contributed by atoms with Crippen LogP contribution in [0.3, 0.4) is 0 Å². The van der Waals surface area contributed by atoms with Crippen LogP contribution in [0.4, 0.5) is 0 Å². The van der Waals surface area contributed by atoms with E-state index in [0.29, 0.717) is 5.25 Å². The van der Waals surface area contributed by atoms with Gasteiger partial charge in [0.1, 0.15) is 11.5 Å². The van der Waals surface area contributed by atoms with Gasteiger partial charge in [0, 0.05) is 16.2 Å². The molecule has 18 heavy (non-hydrogen) atoms. The number of hydrogen-bond acceptors (Lipinski definition) is 4. The molecule has 0 aliphatic heterocycles. The summed E-state index contributed by atoms with van der Waals surface area (Å²) >= 11 is 1.85. The summed E-state index contributed by atoms with van der Waals surface area (Å²) in [6.07, 6.45) is 3.87. The van der Waals surface area contributed by atoms with Crippen LogP contribution in [0.1, 0.15) is 25.7 Å². The summed E-state index contributed by atoms with van der Waals surface area (Å²) in [6.45, 7) is 0. The number of thioether (sulfide) groups is 1. The fourth-order valence-electron chi connectivity index (χ4n) is 2.21. The van der Waals surface area contributed by atoms with Gasteiger partial charge in [-0.25, -0.2) is 0 Å². The van der Waals surface area contributed by atoms with Crippen molar-refractivity contribution in [1.82, 2.24) is 0 Å². The molecule has 1 aromatic carbocycles. The van der Waals surface area contributed by atoms with Crippen LogP contribution in [0.5, 0.6) is 11.5 Å². The van der Waals surface area contributed by atoms with Gasteiger partial charge >= 0.3 is 0 Å². The Hall–Kier alpha value is -0.870. The highest BCUT2D eigenvalue weighted by Crippen LogP contribution is 2.39.